The molecule has 0 aliphatic heterocycles. The number of anilines is 1. The molecule has 3 aromatic rings. The maximum absolute atomic E-state index is 13.0. The number of nitrogens with zero attached hydrogens (tertiary/aromatic N) is 2. The van der Waals surface area contributed by atoms with Crippen LogP contribution in [0.4, 0.5) is 5.69 Å². The van der Waals surface area contributed by atoms with E-state index in [1.165, 1.54) is 0 Å². The Morgan fingerprint density at radius 3 is 2.57 bits per heavy atom. The van der Waals surface area contributed by atoms with E-state index in [1.807, 2.05) is 32.0 Å². The van der Waals surface area contributed by atoms with Crippen molar-refractivity contribution in [1.82, 2.24) is 15.1 Å². The summed E-state index contributed by atoms with van der Waals surface area (Å²) in [6.45, 7) is 4.02. The maximum atomic E-state index is 13.0. The van der Waals surface area contributed by atoms with Gasteiger partial charge >= 0.3 is 0 Å². The van der Waals surface area contributed by atoms with Crippen LogP contribution in [0.15, 0.2) is 54.7 Å². The Kier molecular flexibility index (Phi) is 5.59. The molecule has 1 aromatic heterocycles. The largest absolute Gasteiger partial charge is 0.349 e. The third-order valence-electron chi connectivity index (χ3n) is 4.95. The molecule has 0 atom stereocenters. The van der Waals surface area contributed by atoms with Crippen LogP contribution in [0.5, 0.6) is 0 Å². The van der Waals surface area contributed by atoms with Crippen LogP contribution in [0.25, 0.3) is 5.69 Å². The summed E-state index contributed by atoms with van der Waals surface area (Å²) in [4.78, 5) is 25.3. The number of carbonyl (C=O) groups excluding carboxylic acids is 2. The highest BCUT2D eigenvalue weighted by Gasteiger charge is 2.24. The van der Waals surface area contributed by atoms with E-state index in [0.29, 0.717) is 21.8 Å². The Bertz CT molecular complexity index is 1100. The number of amides is 2. The molecule has 1 fully saturated rings. The second-order valence-corrected chi connectivity index (χ2v) is 8.21. The van der Waals surface area contributed by atoms with Crippen LogP contribution in [0.2, 0.25) is 5.02 Å². The maximum Gasteiger partial charge on any atom is 0.259 e. The quantitative estimate of drug-likeness (QED) is 0.599. The van der Waals surface area contributed by atoms with Crippen LogP contribution in [0.1, 0.15) is 59.0 Å². The molecule has 154 valence electrons. The fourth-order valence-electron chi connectivity index (χ4n) is 3.34. The topological polar surface area (TPSA) is 76.0 Å². The highest BCUT2D eigenvalue weighted by atomic mass is 35.5. The molecule has 1 aliphatic carbocycles. The first kappa shape index (κ1) is 20.2. The summed E-state index contributed by atoms with van der Waals surface area (Å²) < 4.78 is 1.74. The highest BCUT2D eigenvalue weighted by molar-refractivity contribution is 6.30. The summed E-state index contributed by atoms with van der Waals surface area (Å²) in [7, 11) is 0. The predicted molar refractivity (Wildman–Crippen MR) is 118 cm³/mol. The molecule has 7 heteroatoms. The van der Waals surface area contributed by atoms with Crippen LogP contribution in [-0.4, -0.2) is 27.6 Å². The predicted octanol–water partition coefficient (Wildman–Crippen LogP) is 4.79. The van der Waals surface area contributed by atoms with Gasteiger partial charge in [-0.3, -0.25) is 9.59 Å². The summed E-state index contributed by atoms with van der Waals surface area (Å²) in [5, 5.41) is 10.9. The Labute approximate surface area is 180 Å². The first-order valence-electron chi connectivity index (χ1n) is 9.98. The van der Waals surface area contributed by atoms with Crippen molar-refractivity contribution in [3.63, 3.8) is 0 Å². The minimum Gasteiger partial charge on any atom is -0.349 e. The van der Waals surface area contributed by atoms with Crippen molar-refractivity contribution >= 4 is 29.1 Å². The van der Waals surface area contributed by atoms with Gasteiger partial charge in [0.2, 0.25) is 0 Å². The lowest BCUT2D eigenvalue weighted by atomic mass is 10.0. The molecule has 0 spiro atoms. The first-order valence-corrected chi connectivity index (χ1v) is 10.4. The number of rotatable bonds is 6. The third-order valence-corrected chi connectivity index (χ3v) is 5.18. The van der Waals surface area contributed by atoms with Crippen LogP contribution < -0.4 is 10.6 Å². The molecule has 1 aliphatic rings. The molecule has 4 rings (SSSR count). The van der Waals surface area contributed by atoms with Gasteiger partial charge in [-0.2, -0.15) is 5.10 Å². The summed E-state index contributed by atoms with van der Waals surface area (Å²) in [5.74, 6) is -0.333. The molecular weight excluding hydrogens is 400 g/mol. The van der Waals surface area contributed by atoms with Crippen molar-refractivity contribution in [2.45, 2.75) is 38.6 Å². The highest BCUT2D eigenvalue weighted by Crippen LogP contribution is 2.25. The Morgan fingerprint density at radius 2 is 1.87 bits per heavy atom. The minimum absolute atomic E-state index is 0.0582. The van der Waals surface area contributed by atoms with Gasteiger partial charge in [0.05, 0.1) is 23.1 Å². The zero-order valence-electron chi connectivity index (χ0n) is 16.9. The molecule has 2 aromatic carbocycles. The van der Waals surface area contributed by atoms with Crippen LogP contribution in [0, 0.1) is 0 Å². The summed E-state index contributed by atoms with van der Waals surface area (Å²) in [6, 6.07) is 14.6. The van der Waals surface area contributed by atoms with E-state index >= 15 is 0 Å². The van der Waals surface area contributed by atoms with Crippen LogP contribution >= 0.6 is 11.6 Å². The Morgan fingerprint density at radius 1 is 1.10 bits per heavy atom. The number of nitrogens with one attached hydrogen (secondary N) is 2. The lowest BCUT2D eigenvalue weighted by Gasteiger charge is -2.13. The average Bonchev–Trinajstić information content (AvgIpc) is 3.41. The van der Waals surface area contributed by atoms with Gasteiger partial charge in [0.25, 0.3) is 11.8 Å². The molecule has 0 bridgehead atoms. The third kappa shape index (κ3) is 4.39. The van der Waals surface area contributed by atoms with Gasteiger partial charge in [0.1, 0.15) is 0 Å². The van der Waals surface area contributed by atoms with E-state index in [1.54, 1.807) is 41.2 Å². The van der Waals surface area contributed by atoms with Crippen LogP contribution in [-0.2, 0) is 0 Å². The van der Waals surface area contributed by atoms with Gasteiger partial charge in [-0.05, 0) is 55.2 Å². The smallest absolute Gasteiger partial charge is 0.259 e. The molecule has 6 nitrogen and oxygen atoms in total. The Hall–Kier alpha value is -3.12. The molecule has 30 heavy (non-hydrogen) atoms. The van der Waals surface area contributed by atoms with Crippen LogP contribution in [0.3, 0.4) is 0 Å². The lowest BCUT2D eigenvalue weighted by Crippen LogP contribution is -2.25. The van der Waals surface area contributed by atoms with E-state index in [2.05, 4.69) is 15.7 Å². The number of hydrogen-bond donors (Lipinski definition) is 2. The zero-order chi connectivity index (χ0) is 21.3. The van der Waals surface area contributed by atoms with Crippen molar-refractivity contribution in [3.8, 4) is 5.69 Å². The van der Waals surface area contributed by atoms with Gasteiger partial charge in [0, 0.05) is 22.3 Å². The molecule has 2 N–H and O–H groups in total. The number of halogens is 1. The summed E-state index contributed by atoms with van der Waals surface area (Å²) in [5.41, 5.74) is 3.16. The number of benzene rings is 2. The number of aromatic nitrogens is 2. The average molecular weight is 423 g/mol. The number of hydrogen-bond acceptors (Lipinski definition) is 3. The monoisotopic (exact) mass is 422 g/mol. The fraction of sp³-hybridized carbons (Fsp3) is 0.261. The second kappa shape index (κ2) is 8.32. The van der Waals surface area contributed by atoms with Gasteiger partial charge in [0.15, 0.2) is 0 Å². The van der Waals surface area contributed by atoms with Gasteiger partial charge < -0.3 is 10.6 Å². The minimum atomic E-state index is -0.272. The Balaban J connectivity index is 1.59. The van der Waals surface area contributed by atoms with Gasteiger partial charge in [-0.15, -0.1) is 0 Å². The van der Waals surface area contributed by atoms with Crippen molar-refractivity contribution in [2.24, 2.45) is 0 Å². The van der Waals surface area contributed by atoms with E-state index in [0.717, 1.165) is 24.2 Å². The molecule has 0 radical (unpaired) electrons. The fourth-order valence-corrected chi connectivity index (χ4v) is 3.52. The first-order chi connectivity index (χ1) is 14.4. The van der Waals surface area contributed by atoms with Gasteiger partial charge in [-0.1, -0.05) is 37.6 Å². The number of carbonyl (C=O) groups is 2. The van der Waals surface area contributed by atoms with E-state index in [-0.39, 0.29) is 23.8 Å². The normalized spacial score (nSPS) is 13.3. The molecule has 1 saturated carbocycles. The molecular formula is C23H23ClN4O2. The standard InChI is InChI=1S/C23H23ClN4O2/c1-14(2)21-20(13-25-28(21)19-8-4-6-16(24)12-19)23(30)27-18-7-3-5-15(11-18)22(29)26-17-9-10-17/h3-8,11-14,17H,9-10H2,1-2H3,(H,26,29)(H,27,30). The molecule has 1 heterocycles. The molecule has 2 amide bonds. The molecule has 0 saturated heterocycles. The van der Waals surface area contributed by atoms with E-state index in [4.69, 9.17) is 11.6 Å². The van der Waals surface area contributed by atoms with Crippen molar-refractivity contribution in [2.75, 3.05) is 5.32 Å². The van der Waals surface area contributed by atoms with E-state index in [9.17, 15) is 9.59 Å². The van der Waals surface area contributed by atoms with E-state index < -0.39 is 0 Å². The van der Waals surface area contributed by atoms with Crippen molar-refractivity contribution < 1.29 is 9.59 Å². The molecule has 0 unspecified atom stereocenters. The zero-order valence-corrected chi connectivity index (χ0v) is 17.6. The lowest BCUT2D eigenvalue weighted by molar-refractivity contribution is 0.0949. The summed E-state index contributed by atoms with van der Waals surface area (Å²) >= 11 is 6.13. The summed E-state index contributed by atoms with van der Waals surface area (Å²) in [6.07, 6.45) is 3.61. The van der Waals surface area contributed by atoms with Crippen molar-refractivity contribution in [1.29, 1.82) is 0 Å². The van der Waals surface area contributed by atoms with Gasteiger partial charge in [-0.25, -0.2) is 4.68 Å². The van der Waals surface area contributed by atoms with Crippen molar-refractivity contribution in [3.05, 3.63) is 76.6 Å². The second-order valence-electron chi connectivity index (χ2n) is 7.77. The SMILES string of the molecule is CC(C)c1c(C(=O)Nc2cccc(C(=O)NC3CC3)c2)cnn1-c1cccc(Cl)c1.